The van der Waals surface area contributed by atoms with Crippen molar-refractivity contribution in [3.63, 3.8) is 0 Å². The maximum absolute atomic E-state index is 4.82. The molecule has 0 aromatic heterocycles. The zero-order valence-electron chi connectivity index (χ0n) is 7.92. The lowest BCUT2D eigenvalue weighted by molar-refractivity contribution is 0.199. The molecule has 2 saturated heterocycles. The van der Waals surface area contributed by atoms with E-state index in [0.717, 1.165) is 11.2 Å². The fourth-order valence-electron chi connectivity index (χ4n) is 2.44. The van der Waals surface area contributed by atoms with Crippen molar-refractivity contribution in [3.05, 3.63) is 0 Å². The van der Waals surface area contributed by atoms with Gasteiger partial charge in [0, 0.05) is 12.0 Å². The predicted octanol–water partition coefficient (Wildman–Crippen LogP) is 1.83. The SMILES string of the molecule is CO/N=C(\Br)C12CCCN(CC1)C2. The van der Waals surface area contributed by atoms with Gasteiger partial charge in [-0.15, -0.1) is 0 Å². The van der Waals surface area contributed by atoms with Gasteiger partial charge in [0.15, 0.2) is 0 Å². The molecule has 2 unspecified atom stereocenters. The molecule has 0 N–H and O–H groups in total. The molecule has 0 amide bonds. The summed E-state index contributed by atoms with van der Waals surface area (Å²) in [5.74, 6) is 0. The van der Waals surface area contributed by atoms with Crippen LogP contribution < -0.4 is 0 Å². The van der Waals surface area contributed by atoms with Crippen LogP contribution in [0.15, 0.2) is 5.16 Å². The van der Waals surface area contributed by atoms with Gasteiger partial charge in [-0.3, -0.25) is 0 Å². The third kappa shape index (κ3) is 1.62. The molecule has 74 valence electrons. The van der Waals surface area contributed by atoms with Gasteiger partial charge in [-0.1, -0.05) is 5.16 Å². The molecule has 4 heteroatoms. The maximum atomic E-state index is 4.82. The molecule has 2 aliphatic heterocycles. The summed E-state index contributed by atoms with van der Waals surface area (Å²) in [4.78, 5) is 7.33. The molecule has 2 atom stereocenters. The first-order valence-electron chi connectivity index (χ1n) is 4.76. The number of nitrogens with zero attached hydrogens (tertiary/aromatic N) is 2. The van der Waals surface area contributed by atoms with Crippen LogP contribution in [0.5, 0.6) is 0 Å². The van der Waals surface area contributed by atoms with Gasteiger partial charge in [-0.2, -0.15) is 0 Å². The highest BCUT2D eigenvalue weighted by atomic mass is 79.9. The van der Waals surface area contributed by atoms with Crippen LogP contribution in [0.1, 0.15) is 19.3 Å². The van der Waals surface area contributed by atoms with Gasteiger partial charge >= 0.3 is 0 Å². The Bertz CT molecular complexity index is 228. The number of hydrogen-bond donors (Lipinski definition) is 0. The lowest BCUT2D eigenvalue weighted by Crippen LogP contribution is -2.37. The van der Waals surface area contributed by atoms with Gasteiger partial charge in [0.1, 0.15) is 11.7 Å². The first-order chi connectivity index (χ1) is 6.27. The molecular formula is C9H15BrN2O. The second kappa shape index (κ2) is 3.58. The fourth-order valence-corrected chi connectivity index (χ4v) is 3.11. The Morgan fingerprint density at radius 3 is 3.08 bits per heavy atom. The van der Waals surface area contributed by atoms with Crippen molar-refractivity contribution in [2.75, 3.05) is 26.7 Å². The fraction of sp³-hybridized carbons (Fsp3) is 0.889. The zero-order chi connectivity index (χ0) is 9.31. The minimum atomic E-state index is 0.272. The molecule has 3 nitrogen and oxygen atoms in total. The Morgan fingerprint density at radius 2 is 2.31 bits per heavy atom. The Morgan fingerprint density at radius 1 is 1.46 bits per heavy atom. The van der Waals surface area contributed by atoms with Crippen LogP contribution in [0.2, 0.25) is 0 Å². The van der Waals surface area contributed by atoms with E-state index in [-0.39, 0.29) is 5.41 Å². The van der Waals surface area contributed by atoms with Crippen molar-refractivity contribution < 1.29 is 4.84 Å². The van der Waals surface area contributed by atoms with Crippen LogP contribution in [-0.4, -0.2) is 36.3 Å². The van der Waals surface area contributed by atoms with E-state index in [4.69, 9.17) is 4.84 Å². The summed E-state index contributed by atoms with van der Waals surface area (Å²) in [6, 6.07) is 0. The van der Waals surface area contributed by atoms with Crippen molar-refractivity contribution in [2.24, 2.45) is 10.6 Å². The molecule has 2 rings (SSSR count). The monoisotopic (exact) mass is 246 g/mol. The number of oxime groups is 1. The summed E-state index contributed by atoms with van der Waals surface area (Å²) in [7, 11) is 1.60. The van der Waals surface area contributed by atoms with E-state index in [0.29, 0.717) is 0 Å². The number of halogens is 1. The molecule has 0 radical (unpaired) electrons. The second-order valence-electron chi connectivity index (χ2n) is 3.97. The molecule has 0 aliphatic carbocycles. The topological polar surface area (TPSA) is 24.8 Å². The van der Waals surface area contributed by atoms with Gasteiger partial charge in [0.25, 0.3) is 0 Å². The molecule has 13 heavy (non-hydrogen) atoms. The summed E-state index contributed by atoms with van der Waals surface area (Å²) in [5, 5.41) is 4.02. The average molecular weight is 247 g/mol. The van der Waals surface area contributed by atoms with Crippen LogP contribution in [0.3, 0.4) is 0 Å². The predicted molar refractivity (Wildman–Crippen MR) is 56.1 cm³/mol. The van der Waals surface area contributed by atoms with Crippen molar-refractivity contribution >= 4 is 20.6 Å². The Hall–Kier alpha value is -0.0900. The molecule has 2 fully saturated rings. The molecule has 0 spiro atoms. The number of piperidine rings is 1. The van der Waals surface area contributed by atoms with E-state index in [1.165, 1.54) is 32.4 Å². The van der Waals surface area contributed by atoms with Crippen LogP contribution in [0.25, 0.3) is 0 Å². The molecule has 0 aromatic carbocycles. The standard InChI is InChI=1S/C9H15BrN2O/c1-13-11-8(10)9-3-2-5-12(7-9)6-4-9/h2-7H2,1H3/b11-8-. The van der Waals surface area contributed by atoms with Crippen LogP contribution in [-0.2, 0) is 4.84 Å². The van der Waals surface area contributed by atoms with E-state index in [1.807, 2.05) is 0 Å². The summed E-state index contributed by atoms with van der Waals surface area (Å²) >= 11 is 3.54. The molecule has 2 heterocycles. The van der Waals surface area contributed by atoms with E-state index in [1.54, 1.807) is 7.11 Å². The molecule has 0 aromatic rings. The highest BCUT2D eigenvalue weighted by Gasteiger charge is 2.44. The Balaban J connectivity index is 2.15. The van der Waals surface area contributed by atoms with E-state index < -0.39 is 0 Å². The zero-order valence-corrected chi connectivity index (χ0v) is 9.51. The van der Waals surface area contributed by atoms with E-state index in [9.17, 15) is 0 Å². The average Bonchev–Trinajstić information content (AvgIpc) is 2.44. The minimum Gasteiger partial charge on any atom is -0.398 e. The highest BCUT2D eigenvalue weighted by molar-refractivity contribution is 9.18. The van der Waals surface area contributed by atoms with Gasteiger partial charge in [-0.25, -0.2) is 0 Å². The third-order valence-corrected chi connectivity index (χ3v) is 4.16. The molecular weight excluding hydrogens is 232 g/mol. The molecule has 0 saturated carbocycles. The Kier molecular flexibility index (Phi) is 2.60. The van der Waals surface area contributed by atoms with Crippen LogP contribution in [0, 0.1) is 5.41 Å². The summed E-state index contributed by atoms with van der Waals surface area (Å²) in [6.45, 7) is 3.63. The Labute approximate surface area is 87.2 Å². The van der Waals surface area contributed by atoms with Crippen molar-refractivity contribution in [3.8, 4) is 0 Å². The quantitative estimate of drug-likeness (QED) is 0.549. The third-order valence-electron chi connectivity index (χ3n) is 3.17. The lowest BCUT2D eigenvalue weighted by atomic mass is 9.82. The largest absolute Gasteiger partial charge is 0.398 e. The first-order valence-corrected chi connectivity index (χ1v) is 5.56. The molecule has 2 aliphatic rings. The lowest BCUT2D eigenvalue weighted by Gasteiger charge is -2.32. The highest BCUT2D eigenvalue weighted by Crippen LogP contribution is 2.42. The molecule has 2 bridgehead atoms. The van der Waals surface area contributed by atoms with Crippen LogP contribution in [0.4, 0.5) is 0 Å². The van der Waals surface area contributed by atoms with Crippen molar-refractivity contribution in [1.82, 2.24) is 4.90 Å². The first kappa shape index (κ1) is 9.46. The smallest absolute Gasteiger partial charge is 0.130 e. The van der Waals surface area contributed by atoms with Gasteiger partial charge in [0.05, 0.1) is 0 Å². The number of fused-ring (bicyclic) bond motifs is 2. The van der Waals surface area contributed by atoms with Gasteiger partial charge in [-0.05, 0) is 48.3 Å². The van der Waals surface area contributed by atoms with Crippen molar-refractivity contribution in [1.29, 1.82) is 0 Å². The maximum Gasteiger partial charge on any atom is 0.130 e. The van der Waals surface area contributed by atoms with Crippen LogP contribution >= 0.6 is 15.9 Å². The number of rotatable bonds is 2. The normalized spacial score (nSPS) is 39.2. The van der Waals surface area contributed by atoms with E-state index in [2.05, 4.69) is 26.0 Å². The summed E-state index contributed by atoms with van der Waals surface area (Å²) < 4.78 is 1.00. The summed E-state index contributed by atoms with van der Waals surface area (Å²) in [5.41, 5.74) is 0.272. The summed E-state index contributed by atoms with van der Waals surface area (Å²) in [6.07, 6.45) is 3.76. The second-order valence-corrected chi connectivity index (χ2v) is 4.73. The number of hydrogen-bond acceptors (Lipinski definition) is 3. The van der Waals surface area contributed by atoms with Crippen molar-refractivity contribution in [2.45, 2.75) is 19.3 Å². The van der Waals surface area contributed by atoms with E-state index >= 15 is 0 Å². The minimum absolute atomic E-state index is 0.272. The van der Waals surface area contributed by atoms with Gasteiger partial charge in [0.2, 0.25) is 0 Å². The van der Waals surface area contributed by atoms with Gasteiger partial charge < -0.3 is 9.74 Å².